The van der Waals surface area contributed by atoms with E-state index in [-0.39, 0.29) is 11.9 Å². The summed E-state index contributed by atoms with van der Waals surface area (Å²) >= 11 is 4.79. The zero-order valence-corrected chi connectivity index (χ0v) is 13.1. The largest absolute Gasteiger partial charge is 0.369 e. The molecule has 0 aliphatic heterocycles. The van der Waals surface area contributed by atoms with Gasteiger partial charge in [-0.15, -0.1) is 11.3 Å². The van der Waals surface area contributed by atoms with Crippen molar-refractivity contribution in [3.8, 4) is 0 Å². The van der Waals surface area contributed by atoms with Crippen LogP contribution in [0.3, 0.4) is 0 Å². The molecule has 0 fully saturated rings. The van der Waals surface area contributed by atoms with Gasteiger partial charge in [-0.3, -0.25) is 0 Å². The molecule has 20 heavy (non-hydrogen) atoms. The zero-order chi connectivity index (χ0) is 14.3. The molecule has 0 bridgehead atoms. The second-order valence-corrected chi connectivity index (χ2v) is 6.17. The lowest BCUT2D eigenvalue weighted by Gasteiger charge is -2.16. The van der Waals surface area contributed by atoms with Gasteiger partial charge >= 0.3 is 0 Å². The van der Waals surface area contributed by atoms with Crippen molar-refractivity contribution in [3.05, 3.63) is 39.0 Å². The predicted octanol–water partition coefficient (Wildman–Crippen LogP) is 3.98. The molecule has 0 aliphatic carbocycles. The molecule has 7 heteroatoms. The quantitative estimate of drug-likeness (QED) is 0.773. The van der Waals surface area contributed by atoms with E-state index in [0.717, 1.165) is 16.9 Å². The van der Waals surface area contributed by atoms with Crippen LogP contribution in [0.4, 0.5) is 10.3 Å². The number of hydrogen-bond donors (Lipinski definition) is 1. The van der Waals surface area contributed by atoms with Crippen molar-refractivity contribution in [2.24, 2.45) is 0 Å². The van der Waals surface area contributed by atoms with Gasteiger partial charge in [-0.2, -0.15) is 0 Å². The molecule has 4 nitrogen and oxygen atoms in total. The summed E-state index contributed by atoms with van der Waals surface area (Å²) in [5.74, 6) is 0.0315. The Hall–Kier alpha value is -1.47. The van der Waals surface area contributed by atoms with Crippen molar-refractivity contribution in [3.63, 3.8) is 0 Å². The van der Waals surface area contributed by atoms with Gasteiger partial charge in [-0.1, -0.05) is 6.92 Å². The van der Waals surface area contributed by atoms with Crippen molar-refractivity contribution in [2.45, 2.75) is 19.4 Å². The second-order valence-electron chi connectivity index (χ2n) is 4.39. The summed E-state index contributed by atoms with van der Waals surface area (Å²) in [7, 11) is 0. The minimum absolute atomic E-state index is 0.0114. The molecule has 1 unspecified atom stereocenters. The monoisotopic (exact) mass is 354 g/mol. The minimum Gasteiger partial charge on any atom is -0.369 e. The van der Waals surface area contributed by atoms with Crippen LogP contribution >= 0.6 is 27.3 Å². The molecule has 0 radical (unpaired) electrons. The van der Waals surface area contributed by atoms with E-state index in [9.17, 15) is 4.39 Å². The van der Waals surface area contributed by atoms with E-state index in [1.807, 2.05) is 9.95 Å². The van der Waals surface area contributed by atoms with Gasteiger partial charge in [-0.05, 0) is 28.4 Å². The van der Waals surface area contributed by atoms with Crippen LogP contribution in [0.25, 0.3) is 11.0 Å². The fourth-order valence-electron chi connectivity index (χ4n) is 2.30. The maximum Gasteiger partial charge on any atom is 0.201 e. The normalized spacial score (nSPS) is 12.9. The SMILES string of the molecule is CCC(c1nccs1)n1c(N)nc2cc(F)c(Br)cc21. The smallest absolute Gasteiger partial charge is 0.201 e. The van der Waals surface area contributed by atoms with Gasteiger partial charge in [0, 0.05) is 17.6 Å². The highest BCUT2D eigenvalue weighted by molar-refractivity contribution is 9.10. The molecule has 2 aromatic heterocycles. The van der Waals surface area contributed by atoms with E-state index in [1.54, 1.807) is 23.6 Å². The Kier molecular flexibility index (Phi) is 3.47. The predicted molar refractivity (Wildman–Crippen MR) is 82.3 cm³/mol. The molecular formula is C13H12BrFN4S. The van der Waals surface area contributed by atoms with Crippen molar-refractivity contribution >= 4 is 44.2 Å². The molecule has 0 saturated carbocycles. The fourth-order valence-corrected chi connectivity index (χ4v) is 3.45. The van der Waals surface area contributed by atoms with Gasteiger partial charge < -0.3 is 10.3 Å². The second kappa shape index (κ2) is 5.14. The summed E-state index contributed by atoms with van der Waals surface area (Å²) in [6.07, 6.45) is 2.60. The third kappa shape index (κ3) is 2.10. The Bertz CT molecular complexity index is 753. The highest BCUT2D eigenvalue weighted by Gasteiger charge is 2.21. The number of imidazole rings is 1. The molecule has 2 N–H and O–H groups in total. The number of rotatable bonds is 3. The number of fused-ring (bicyclic) bond motifs is 1. The van der Waals surface area contributed by atoms with Crippen molar-refractivity contribution in [1.82, 2.24) is 14.5 Å². The average molecular weight is 355 g/mol. The van der Waals surface area contributed by atoms with Crippen LogP contribution in [0.5, 0.6) is 0 Å². The summed E-state index contributed by atoms with van der Waals surface area (Å²) in [5.41, 5.74) is 7.38. The van der Waals surface area contributed by atoms with Crippen molar-refractivity contribution < 1.29 is 4.39 Å². The Balaban J connectivity index is 2.24. The summed E-state index contributed by atoms with van der Waals surface area (Å²) in [4.78, 5) is 8.61. The average Bonchev–Trinajstić information content (AvgIpc) is 3.02. The van der Waals surface area contributed by atoms with E-state index >= 15 is 0 Å². The lowest BCUT2D eigenvalue weighted by atomic mass is 10.2. The van der Waals surface area contributed by atoms with Gasteiger partial charge in [0.15, 0.2) is 0 Å². The number of anilines is 1. The van der Waals surface area contributed by atoms with Crippen LogP contribution < -0.4 is 5.73 Å². The molecule has 2 heterocycles. The van der Waals surface area contributed by atoms with E-state index in [4.69, 9.17) is 5.73 Å². The molecule has 1 atom stereocenters. The number of aromatic nitrogens is 3. The maximum atomic E-state index is 13.6. The van der Waals surface area contributed by atoms with Crippen molar-refractivity contribution in [2.75, 3.05) is 5.73 Å². The Morgan fingerprint density at radius 1 is 1.50 bits per heavy atom. The summed E-state index contributed by atoms with van der Waals surface area (Å²) in [6.45, 7) is 2.07. The van der Waals surface area contributed by atoms with Crippen molar-refractivity contribution in [1.29, 1.82) is 0 Å². The Morgan fingerprint density at radius 3 is 2.95 bits per heavy atom. The Morgan fingerprint density at radius 2 is 2.30 bits per heavy atom. The van der Waals surface area contributed by atoms with Crippen LogP contribution in [0.15, 0.2) is 28.2 Å². The molecule has 3 rings (SSSR count). The molecule has 0 spiro atoms. The van der Waals surface area contributed by atoms with Crippen LogP contribution in [-0.4, -0.2) is 14.5 Å². The highest BCUT2D eigenvalue weighted by atomic mass is 79.9. The van der Waals surface area contributed by atoms with Gasteiger partial charge in [0.05, 0.1) is 21.5 Å². The first-order valence-electron chi connectivity index (χ1n) is 6.13. The molecule has 0 aliphatic rings. The highest BCUT2D eigenvalue weighted by Crippen LogP contribution is 2.32. The number of benzene rings is 1. The number of halogens is 2. The Labute approximate surface area is 127 Å². The molecule has 3 aromatic rings. The summed E-state index contributed by atoms with van der Waals surface area (Å²) in [5, 5.41) is 2.90. The standard InChI is InChI=1S/C13H12BrFN4S/c1-2-10(12-17-3-4-20-12)19-11-5-7(14)8(15)6-9(11)18-13(19)16/h3-6,10H,2H2,1H3,(H2,16,18). The van der Waals surface area contributed by atoms with Crippen LogP contribution in [-0.2, 0) is 0 Å². The van der Waals surface area contributed by atoms with E-state index < -0.39 is 0 Å². The van der Waals surface area contributed by atoms with E-state index in [2.05, 4.69) is 32.8 Å². The first-order chi connectivity index (χ1) is 9.61. The van der Waals surface area contributed by atoms with Gasteiger partial charge in [0.25, 0.3) is 0 Å². The lowest BCUT2D eigenvalue weighted by Crippen LogP contribution is -2.12. The number of nitrogens with two attached hydrogens (primary N) is 1. The van der Waals surface area contributed by atoms with E-state index in [1.165, 1.54) is 6.07 Å². The first-order valence-corrected chi connectivity index (χ1v) is 7.81. The molecule has 0 saturated heterocycles. The van der Waals surface area contributed by atoms with Crippen LogP contribution in [0, 0.1) is 5.82 Å². The summed E-state index contributed by atoms with van der Waals surface area (Å²) < 4.78 is 15.9. The lowest BCUT2D eigenvalue weighted by molar-refractivity contribution is 0.584. The molecular weight excluding hydrogens is 343 g/mol. The van der Waals surface area contributed by atoms with Gasteiger partial charge in [0.2, 0.25) is 5.95 Å². The number of nitrogen functional groups attached to an aromatic ring is 1. The molecule has 104 valence electrons. The maximum absolute atomic E-state index is 13.6. The van der Waals surface area contributed by atoms with Gasteiger partial charge in [-0.25, -0.2) is 14.4 Å². The zero-order valence-electron chi connectivity index (χ0n) is 10.7. The van der Waals surface area contributed by atoms with E-state index in [0.29, 0.717) is 15.9 Å². The summed E-state index contributed by atoms with van der Waals surface area (Å²) in [6, 6.07) is 3.11. The number of nitrogens with zero attached hydrogens (tertiary/aromatic N) is 3. The van der Waals surface area contributed by atoms with Crippen LogP contribution in [0.1, 0.15) is 24.4 Å². The molecule has 0 amide bonds. The van der Waals surface area contributed by atoms with Crippen LogP contribution in [0.2, 0.25) is 0 Å². The topological polar surface area (TPSA) is 56.7 Å². The number of hydrogen-bond acceptors (Lipinski definition) is 4. The minimum atomic E-state index is -0.343. The third-order valence-corrected chi connectivity index (χ3v) is 4.68. The first kappa shape index (κ1) is 13.5. The van der Waals surface area contributed by atoms with Gasteiger partial charge in [0.1, 0.15) is 10.8 Å². The number of thiazole rings is 1. The fraction of sp³-hybridized carbons (Fsp3) is 0.231. The molecule has 1 aromatic carbocycles. The third-order valence-electron chi connectivity index (χ3n) is 3.19.